The lowest BCUT2D eigenvalue weighted by Crippen LogP contribution is -2.26. The number of nitrogens with two attached hydrogens (primary N) is 1. The molecule has 1 unspecified atom stereocenters. The summed E-state index contributed by atoms with van der Waals surface area (Å²) in [4.78, 5) is 25.5. The van der Waals surface area contributed by atoms with Gasteiger partial charge in [-0.25, -0.2) is 9.50 Å². The predicted octanol–water partition coefficient (Wildman–Crippen LogP) is 1.94. The lowest BCUT2D eigenvalue weighted by molar-refractivity contribution is 0.0938. The van der Waals surface area contributed by atoms with Crippen LogP contribution in [0.4, 0.5) is 5.95 Å². The summed E-state index contributed by atoms with van der Waals surface area (Å²) in [7, 11) is 1.45. The van der Waals surface area contributed by atoms with E-state index in [9.17, 15) is 9.90 Å². The lowest BCUT2D eigenvalue weighted by Gasteiger charge is -2.13. The maximum atomic E-state index is 12.8. The molecule has 1 amide bonds. The van der Waals surface area contributed by atoms with Crippen LogP contribution in [0, 0.1) is 6.92 Å². The Morgan fingerprint density at radius 2 is 2.06 bits per heavy atom. The minimum absolute atomic E-state index is 0.179. The van der Waals surface area contributed by atoms with Crippen molar-refractivity contribution < 1.29 is 14.6 Å². The molecule has 10 nitrogen and oxygen atoms in total. The van der Waals surface area contributed by atoms with Crippen LogP contribution in [0.15, 0.2) is 48.9 Å². The Kier molecular flexibility index (Phi) is 5.95. The number of aromatic nitrogens is 5. The van der Waals surface area contributed by atoms with Gasteiger partial charge in [0.15, 0.2) is 5.65 Å². The fourth-order valence-corrected chi connectivity index (χ4v) is 3.26. The molecule has 164 valence electrons. The molecule has 0 bridgehead atoms. The Balaban J connectivity index is 1.48. The average molecular weight is 433 g/mol. The van der Waals surface area contributed by atoms with Gasteiger partial charge in [-0.3, -0.25) is 9.78 Å². The van der Waals surface area contributed by atoms with Gasteiger partial charge in [0.1, 0.15) is 5.56 Å². The Labute approximate surface area is 184 Å². The van der Waals surface area contributed by atoms with Crippen LogP contribution in [-0.4, -0.2) is 49.2 Å². The van der Waals surface area contributed by atoms with Gasteiger partial charge in [0.25, 0.3) is 5.91 Å². The molecule has 0 aliphatic carbocycles. The maximum Gasteiger partial charge on any atom is 0.256 e. The third kappa shape index (κ3) is 4.49. The number of methoxy groups -OCH3 is 1. The molecule has 0 spiro atoms. The number of carbonyl (C=O) groups excluding carboxylic acids is 1. The molecule has 0 fully saturated rings. The number of rotatable bonds is 7. The first-order chi connectivity index (χ1) is 15.4. The molecule has 0 aromatic carbocycles. The van der Waals surface area contributed by atoms with E-state index in [1.807, 2.05) is 19.1 Å². The van der Waals surface area contributed by atoms with Crippen LogP contribution >= 0.6 is 0 Å². The normalized spacial score (nSPS) is 12.0. The Bertz CT molecular complexity index is 1250. The molecule has 0 aliphatic heterocycles. The molecule has 4 aromatic rings. The number of ether oxygens (including phenoxy) is 1. The number of aliphatic hydroxyl groups excluding tert-OH is 1. The molecular weight excluding hydrogens is 410 g/mol. The van der Waals surface area contributed by atoms with Gasteiger partial charge in [-0.2, -0.15) is 4.98 Å². The highest BCUT2D eigenvalue weighted by atomic mass is 16.5. The summed E-state index contributed by atoms with van der Waals surface area (Å²) in [5.41, 5.74) is 9.61. The number of nitrogens with zero attached hydrogens (tertiary/aromatic N) is 5. The minimum Gasteiger partial charge on any atom is -0.480 e. The second-order valence-corrected chi connectivity index (χ2v) is 7.29. The highest BCUT2D eigenvalue weighted by Gasteiger charge is 2.17. The van der Waals surface area contributed by atoms with E-state index in [4.69, 9.17) is 10.5 Å². The fraction of sp³-hybridized carbons (Fsp3) is 0.227. The number of pyridine rings is 3. The lowest BCUT2D eigenvalue weighted by atomic mass is 10.1. The number of nitrogens with one attached hydrogen (secondary N) is 1. The zero-order valence-corrected chi connectivity index (χ0v) is 17.7. The van der Waals surface area contributed by atoms with Crippen molar-refractivity contribution in [2.45, 2.75) is 19.4 Å². The SMILES string of the molecule is COc1ncc(-c2ccn3nc(N)nc3c2)cc1C(=O)NCCC(O)c1ccc(C)cn1. The smallest absolute Gasteiger partial charge is 0.256 e. The van der Waals surface area contributed by atoms with E-state index in [0.717, 1.165) is 11.1 Å². The number of hydrogen-bond acceptors (Lipinski definition) is 8. The van der Waals surface area contributed by atoms with Gasteiger partial charge in [0, 0.05) is 30.7 Å². The number of aryl methyl sites for hydroxylation is 1. The minimum atomic E-state index is -0.774. The number of hydrogen-bond donors (Lipinski definition) is 3. The van der Waals surface area contributed by atoms with Gasteiger partial charge in [0.05, 0.1) is 18.9 Å². The van der Waals surface area contributed by atoms with E-state index in [1.165, 1.54) is 7.11 Å². The first-order valence-electron chi connectivity index (χ1n) is 9.99. The van der Waals surface area contributed by atoms with Crippen LogP contribution < -0.4 is 15.8 Å². The quantitative estimate of drug-likeness (QED) is 0.402. The molecule has 32 heavy (non-hydrogen) atoms. The first-order valence-corrected chi connectivity index (χ1v) is 9.99. The predicted molar refractivity (Wildman–Crippen MR) is 118 cm³/mol. The van der Waals surface area contributed by atoms with Crippen molar-refractivity contribution in [3.8, 4) is 17.0 Å². The topological polar surface area (TPSA) is 141 Å². The van der Waals surface area contributed by atoms with Crippen molar-refractivity contribution in [1.82, 2.24) is 29.9 Å². The zero-order chi connectivity index (χ0) is 22.7. The van der Waals surface area contributed by atoms with Crippen molar-refractivity contribution in [2.75, 3.05) is 19.4 Å². The maximum absolute atomic E-state index is 12.8. The van der Waals surface area contributed by atoms with Crippen LogP contribution in [0.25, 0.3) is 16.8 Å². The van der Waals surface area contributed by atoms with E-state index in [0.29, 0.717) is 23.3 Å². The first kappa shape index (κ1) is 21.2. The standard InChI is InChI=1S/C22H23N7O3/c1-13-3-4-17(25-11-13)18(30)5-7-24-20(31)16-9-15(12-26-21(16)32-2)14-6-8-29-19(10-14)27-22(23)28-29/h3-4,6,8-12,18,30H,5,7H2,1-2H3,(H2,23,28)(H,24,31). The molecule has 4 rings (SSSR count). The molecule has 10 heteroatoms. The third-order valence-corrected chi connectivity index (χ3v) is 4.96. The van der Waals surface area contributed by atoms with Crippen LogP contribution in [0.2, 0.25) is 0 Å². The van der Waals surface area contributed by atoms with Crippen LogP contribution in [0.1, 0.15) is 34.1 Å². The zero-order valence-electron chi connectivity index (χ0n) is 17.7. The monoisotopic (exact) mass is 433 g/mol. The number of amides is 1. The third-order valence-electron chi connectivity index (χ3n) is 4.96. The molecular formula is C22H23N7O3. The second-order valence-electron chi connectivity index (χ2n) is 7.29. The number of nitrogen functional groups attached to an aromatic ring is 1. The summed E-state index contributed by atoms with van der Waals surface area (Å²) < 4.78 is 6.83. The number of carbonyl (C=O) groups is 1. The van der Waals surface area contributed by atoms with E-state index >= 15 is 0 Å². The summed E-state index contributed by atoms with van der Waals surface area (Å²) in [5.74, 6) is 0.0333. The molecule has 0 radical (unpaired) electrons. The Morgan fingerprint density at radius 1 is 1.22 bits per heavy atom. The van der Waals surface area contributed by atoms with Gasteiger partial charge >= 0.3 is 0 Å². The second kappa shape index (κ2) is 8.98. The van der Waals surface area contributed by atoms with Crippen LogP contribution in [-0.2, 0) is 0 Å². The fourth-order valence-electron chi connectivity index (χ4n) is 3.26. The molecule has 4 aromatic heterocycles. The Morgan fingerprint density at radius 3 is 2.81 bits per heavy atom. The van der Waals surface area contributed by atoms with E-state index in [2.05, 4.69) is 25.4 Å². The summed E-state index contributed by atoms with van der Waals surface area (Å²) in [6, 6.07) is 9.00. The largest absolute Gasteiger partial charge is 0.480 e. The van der Waals surface area contributed by atoms with Crippen molar-refractivity contribution in [3.63, 3.8) is 0 Å². The summed E-state index contributed by atoms with van der Waals surface area (Å²) in [5, 5.41) is 17.2. The highest BCUT2D eigenvalue weighted by Crippen LogP contribution is 2.25. The molecule has 0 saturated carbocycles. The number of fused-ring (bicyclic) bond motifs is 1. The van der Waals surface area contributed by atoms with Crippen LogP contribution in [0.5, 0.6) is 5.88 Å². The van der Waals surface area contributed by atoms with Gasteiger partial charge in [0.2, 0.25) is 11.8 Å². The highest BCUT2D eigenvalue weighted by molar-refractivity contribution is 5.97. The van der Waals surface area contributed by atoms with Crippen molar-refractivity contribution in [2.24, 2.45) is 0 Å². The Hall–Kier alpha value is -4.05. The van der Waals surface area contributed by atoms with Crippen molar-refractivity contribution in [1.29, 1.82) is 0 Å². The van der Waals surface area contributed by atoms with Gasteiger partial charge in [-0.05, 0) is 48.7 Å². The molecule has 0 saturated heterocycles. The molecule has 4 heterocycles. The van der Waals surface area contributed by atoms with Gasteiger partial charge in [-0.1, -0.05) is 6.07 Å². The van der Waals surface area contributed by atoms with E-state index < -0.39 is 6.10 Å². The van der Waals surface area contributed by atoms with E-state index in [-0.39, 0.29) is 29.8 Å². The molecule has 0 aliphatic rings. The van der Waals surface area contributed by atoms with Gasteiger partial charge < -0.3 is 20.9 Å². The summed E-state index contributed by atoms with van der Waals surface area (Å²) >= 11 is 0. The number of anilines is 1. The van der Waals surface area contributed by atoms with Crippen LogP contribution in [0.3, 0.4) is 0 Å². The average Bonchev–Trinajstić information content (AvgIpc) is 3.18. The summed E-state index contributed by atoms with van der Waals surface area (Å²) in [6.45, 7) is 2.19. The van der Waals surface area contributed by atoms with Crippen molar-refractivity contribution >= 4 is 17.5 Å². The molecule has 4 N–H and O–H groups in total. The van der Waals surface area contributed by atoms with E-state index in [1.54, 1.807) is 41.3 Å². The van der Waals surface area contributed by atoms with Crippen molar-refractivity contribution in [3.05, 3.63) is 65.7 Å². The summed E-state index contributed by atoms with van der Waals surface area (Å²) in [6.07, 6.45) is 4.60. The van der Waals surface area contributed by atoms with Gasteiger partial charge in [-0.15, -0.1) is 5.10 Å². The number of aliphatic hydroxyl groups is 1. The molecule has 1 atom stereocenters.